The Labute approximate surface area is 207 Å². The number of aromatic nitrogens is 3. The molecule has 2 aromatic heterocycles. The molecule has 3 aromatic rings. The highest BCUT2D eigenvalue weighted by molar-refractivity contribution is 7.22. The maximum Gasteiger partial charge on any atom is 0.273 e. The molecule has 4 heterocycles. The lowest BCUT2D eigenvalue weighted by Gasteiger charge is -2.30. The monoisotopic (exact) mass is 494 g/mol. The molecule has 184 valence electrons. The van der Waals surface area contributed by atoms with Crippen molar-refractivity contribution in [3.63, 3.8) is 0 Å². The lowest BCUT2D eigenvalue weighted by molar-refractivity contribution is -0.132. The molecule has 0 bridgehead atoms. The van der Waals surface area contributed by atoms with Gasteiger partial charge in [-0.1, -0.05) is 42.5 Å². The molecule has 2 amide bonds. The van der Waals surface area contributed by atoms with E-state index in [4.69, 9.17) is 0 Å². The van der Waals surface area contributed by atoms with E-state index in [1.165, 1.54) is 27.8 Å². The third-order valence-corrected chi connectivity index (χ3v) is 7.94. The van der Waals surface area contributed by atoms with Gasteiger partial charge in [-0.05, 0) is 36.8 Å². The molecule has 0 spiro atoms. The summed E-state index contributed by atoms with van der Waals surface area (Å²) in [7, 11) is 0. The fourth-order valence-corrected chi connectivity index (χ4v) is 5.78. The van der Waals surface area contributed by atoms with Crippen molar-refractivity contribution < 1.29 is 9.59 Å². The lowest BCUT2D eigenvalue weighted by Crippen LogP contribution is -2.40. The van der Waals surface area contributed by atoms with E-state index in [1.54, 1.807) is 4.90 Å². The van der Waals surface area contributed by atoms with Crippen molar-refractivity contribution in [2.45, 2.75) is 45.7 Å². The third kappa shape index (κ3) is 4.93. The van der Waals surface area contributed by atoms with Gasteiger partial charge in [0.25, 0.3) is 5.56 Å². The first-order valence-electron chi connectivity index (χ1n) is 12.3. The number of hydrogen-bond acceptors (Lipinski definition) is 7. The lowest BCUT2D eigenvalue weighted by atomic mass is 9.96. The normalized spacial score (nSPS) is 16.4. The van der Waals surface area contributed by atoms with Gasteiger partial charge in [-0.15, -0.1) is 0 Å². The van der Waals surface area contributed by atoms with Crippen molar-refractivity contribution in [3.05, 3.63) is 52.1 Å². The number of hydrogen-bond donors (Lipinski definition) is 1. The van der Waals surface area contributed by atoms with Gasteiger partial charge in [0, 0.05) is 38.6 Å². The fourth-order valence-electron chi connectivity index (χ4n) is 4.76. The van der Waals surface area contributed by atoms with Gasteiger partial charge in [-0.3, -0.25) is 19.0 Å². The van der Waals surface area contributed by atoms with E-state index in [0.717, 1.165) is 36.4 Å². The second-order valence-corrected chi connectivity index (χ2v) is 10.2. The number of carbonyl (C=O) groups excluding carboxylic acids is 2. The number of amides is 2. The molecule has 1 fully saturated rings. The minimum Gasteiger partial charge on any atom is -0.356 e. The topological polar surface area (TPSA) is 100 Å². The van der Waals surface area contributed by atoms with E-state index >= 15 is 0 Å². The van der Waals surface area contributed by atoms with Gasteiger partial charge in [-0.25, -0.2) is 4.98 Å². The smallest absolute Gasteiger partial charge is 0.273 e. The van der Waals surface area contributed by atoms with E-state index in [-0.39, 0.29) is 29.8 Å². The molecule has 1 saturated heterocycles. The first-order valence-corrected chi connectivity index (χ1v) is 13.1. The van der Waals surface area contributed by atoms with Gasteiger partial charge in [-0.2, -0.15) is 4.98 Å². The maximum atomic E-state index is 13.1. The Morgan fingerprint density at radius 3 is 2.69 bits per heavy atom. The number of benzene rings is 1. The van der Waals surface area contributed by atoms with Gasteiger partial charge in [0.2, 0.25) is 11.8 Å². The number of fused-ring (bicyclic) bond motifs is 2. The molecule has 0 aliphatic carbocycles. The number of nitrogens with zero attached hydrogens (tertiary/aromatic N) is 5. The Morgan fingerprint density at radius 1 is 1.14 bits per heavy atom. The number of thiazole rings is 1. The summed E-state index contributed by atoms with van der Waals surface area (Å²) in [4.78, 5) is 51.2. The Balaban J connectivity index is 1.25. The largest absolute Gasteiger partial charge is 0.356 e. The van der Waals surface area contributed by atoms with Crippen molar-refractivity contribution in [1.29, 1.82) is 0 Å². The number of anilines is 1. The molecule has 5 rings (SSSR count). The van der Waals surface area contributed by atoms with Crippen LogP contribution in [0.4, 0.5) is 5.13 Å². The Hall–Kier alpha value is -3.27. The predicted molar refractivity (Wildman–Crippen MR) is 135 cm³/mol. The highest BCUT2D eigenvalue weighted by Gasteiger charge is 2.27. The van der Waals surface area contributed by atoms with Crippen LogP contribution in [0.2, 0.25) is 0 Å². The molecule has 10 heteroatoms. The molecule has 2 aliphatic rings. The van der Waals surface area contributed by atoms with Gasteiger partial charge in [0.05, 0.1) is 0 Å². The third-order valence-electron chi connectivity index (χ3n) is 6.85. The molecule has 0 radical (unpaired) electrons. The van der Waals surface area contributed by atoms with Crippen LogP contribution in [0, 0.1) is 5.92 Å². The maximum absolute atomic E-state index is 13.1. The van der Waals surface area contributed by atoms with Crippen LogP contribution < -0.4 is 15.8 Å². The van der Waals surface area contributed by atoms with E-state index in [2.05, 4.69) is 26.3 Å². The predicted octanol–water partition coefficient (Wildman–Crippen LogP) is 2.18. The SMILES string of the molecule is CCCNC(=O)C1CCN(c2nc3ncn(CC(=O)N4CCc5ccccc5C4)c(=O)c3s2)CC1. The van der Waals surface area contributed by atoms with Gasteiger partial charge in [0.15, 0.2) is 10.8 Å². The number of carbonyl (C=O) groups is 2. The highest BCUT2D eigenvalue weighted by atomic mass is 32.1. The molecule has 0 saturated carbocycles. The summed E-state index contributed by atoms with van der Waals surface area (Å²) in [6, 6.07) is 8.16. The average molecular weight is 495 g/mol. The van der Waals surface area contributed by atoms with E-state index in [9.17, 15) is 14.4 Å². The minimum absolute atomic E-state index is 0.0234. The zero-order chi connectivity index (χ0) is 24.4. The van der Waals surface area contributed by atoms with Crippen LogP contribution in [0.25, 0.3) is 10.3 Å². The summed E-state index contributed by atoms with van der Waals surface area (Å²) >= 11 is 1.31. The Morgan fingerprint density at radius 2 is 1.91 bits per heavy atom. The molecule has 35 heavy (non-hydrogen) atoms. The van der Waals surface area contributed by atoms with E-state index < -0.39 is 0 Å². The summed E-state index contributed by atoms with van der Waals surface area (Å²) in [5, 5.41) is 3.72. The second kappa shape index (κ2) is 10.2. The van der Waals surface area contributed by atoms with Gasteiger partial charge >= 0.3 is 0 Å². The molecular formula is C25H30N6O3S. The van der Waals surface area contributed by atoms with Crippen LogP contribution in [0.5, 0.6) is 0 Å². The van der Waals surface area contributed by atoms with Crippen LogP contribution in [0.15, 0.2) is 35.4 Å². The number of piperidine rings is 1. The van der Waals surface area contributed by atoms with Crippen molar-refractivity contribution in [3.8, 4) is 0 Å². The Kier molecular flexibility index (Phi) is 6.81. The number of nitrogens with one attached hydrogen (secondary N) is 1. The van der Waals surface area contributed by atoms with Gasteiger partial charge < -0.3 is 15.1 Å². The molecule has 2 aliphatic heterocycles. The van der Waals surface area contributed by atoms with E-state index in [1.807, 2.05) is 25.1 Å². The summed E-state index contributed by atoms with van der Waals surface area (Å²) in [6.07, 6.45) is 4.70. The summed E-state index contributed by atoms with van der Waals surface area (Å²) in [5.74, 6) is 0.0634. The van der Waals surface area contributed by atoms with Crippen LogP contribution in [0.3, 0.4) is 0 Å². The van der Waals surface area contributed by atoms with Crippen LogP contribution in [0.1, 0.15) is 37.3 Å². The summed E-state index contributed by atoms with van der Waals surface area (Å²) in [5.41, 5.74) is 2.61. The van der Waals surface area contributed by atoms with Crippen LogP contribution in [-0.4, -0.2) is 57.4 Å². The molecule has 1 N–H and O–H groups in total. The molecule has 0 unspecified atom stereocenters. The zero-order valence-corrected chi connectivity index (χ0v) is 20.7. The quantitative estimate of drug-likeness (QED) is 0.564. The first-order chi connectivity index (χ1) is 17.0. The summed E-state index contributed by atoms with van der Waals surface area (Å²) < 4.78 is 1.85. The first kappa shape index (κ1) is 23.5. The molecule has 9 nitrogen and oxygen atoms in total. The summed E-state index contributed by atoms with van der Waals surface area (Å²) in [6.45, 7) is 5.37. The standard InChI is InChI=1S/C25H30N6O3S/c1-2-10-26-23(33)18-8-11-29(12-9-18)25-28-22-21(35-25)24(34)31(16-27-22)15-20(32)30-13-7-17-5-3-4-6-19(17)14-30/h3-6,16,18H,2,7-15H2,1H3,(H,26,33). The fraction of sp³-hybridized carbons (Fsp3) is 0.480. The Bertz CT molecular complexity index is 1290. The van der Waals surface area contributed by atoms with Crippen molar-refractivity contribution in [2.75, 3.05) is 31.1 Å². The highest BCUT2D eigenvalue weighted by Crippen LogP contribution is 2.29. The van der Waals surface area contributed by atoms with Crippen molar-refractivity contribution >= 4 is 38.6 Å². The second-order valence-electron chi connectivity index (χ2n) is 9.21. The van der Waals surface area contributed by atoms with Crippen molar-refractivity contribution in [1.82, 2.24) is 24.8 Å². The number of rotatable bonds is 6. The zero-order valence-electron chi connectivity index (χ0n) is 19.9. The van der Waals surface area contributed by atoms with Crippen LogP contribution >= 0.6 is 11.3 Å². The molecular weight excluding hydrogens is 464 g/mol. The molecule has 0 atom stereocenters. The average Bonchev–Trinajstić information content (AvgIpc) is 3.34. The molecule has 1 aromatic carbocycles. The van der Waals surface area contributed by atoms with Crippen molar-refractivity contribution in [2.24, 2.45) is 5.92 Å². The van der Waals surface area contributed by atoms with E-state index in [0.29, 0.717) is 43.1 Å². The van der Waals surface area contributed by atoms with Crippen LogP contribution in [-0.2, 0) is 29.1 Å². The minimum atomic E-state index is -0.238. The van der Waals surface area contributed by atoms with Gasteiger partial charge in [0.1, 0.15) is 17.6 Å².